The van der Waals surface area contributed by atoms with Gasteiger partial charge in [0.15, 0.2) is 0 Å². The Morgan fingerprint density at radius 2 is 1.74 bits per heavy atom. The van der Waals surface area contributed by atoms with Crippen molar-refractivity contribution >= 4 is 0 Å². The van der Waals surface area contributed by atoms with Gasteiger partial charge >= 0.3 is 0 Å². The SMILES string of the molecule is CCc1ccc(OCCNC(C2CC2)C2CC2)cc1. The second-order valence-corrected chi connectivity index (χ2v) is 6.00. The van der Waals surface area contributed by atoms with E-state index in [-0.39, 0.29) is 0 Å². The Balaban J connectivity index is 1.37. The quantitative estimate of drug-likeness (QED) is 0.722. The van der Waals surface area contributed by atoms with Gasteiger partial charge in [-0.3, -0.25) is 0 Å². The van der Waals surface area contributed by atoms with Gasteiger partial charge in [-0.1, -0.05) is 19.1 Å². The third-order valence-corrected chi connectivity index (χ3v) is 4.34. The van der Waals surface area contributed by atoms with Crippen LogP contribution in [0.1, 0.15) is 38.2 Å². The van der Waals surface area contributed by atoms with E-state index in [1.54, 1.807) is 0 Å². The highest BCUT2D eigenvalue weighted by Gasteiger charge is 2.40. The first-order chi connectivity index (χ1) is 9.36. The fourth-order valence-electron chi connectivity index (χ4n) is 2.84. The average Bonchev–Trinajstić information content (AvgIpc) is 3.32. The number of hydrogen-bond acceptors (Lipinski definition) is 2. The van der Waals surface area contributed by atoms with Crippen molar-refractivity contribution in [3.05, 3.63) is 29.8 Å². The Kier molecular flexibility index (Phi) is 4.07. The monoisotopic (exact) mass is 259 g/mol. The lowest BCUT2D eigenvalue weighted by molar-refractivity contribution is 0.293. The summed E-state index contributed by atoms with van der Waals surface area (Å²) in [5.74, 6) is 2.93. The zero-order valence-corrected chi connectivity index (χ0v) is 11.9. The third-order valence-electron chi connectivity index (χ3n) is 4.34. The molecule has 0 aromatic heterocycles. The summed E-state index contributed by atoms with van der Waals surface area (Å²) in [6.45, 7) is 3.93. The van der Waals surface area contributed by atoms with Gasteiger partial charge in [-0.15, -0.1) is 0 Å². The molecule has 0 saturated heterocycles. The van der Waals surface area contributed by atoms with Gasteiger partial charge in [0.25, 0.3) is 0 Å². The first-order valence-electron chi connectivity index (χ1n) is 7.82. The minimum Gasteiger partial charge on any atom is -0.492 e. The maximum absolute atomic E-state index is 5.79. The molecule has 19 heavy (non-hydrogen) atoms. The molecule has 0 unspecified atom stereocenters. The summed E-state index contributed by atoms with van der Waals surface area (Å²) in [5, 5.41) is 3.71. The van der Waals surface area contributed by atoms with Gasteiger partial charge in [0.05, 0.1) is 0 Å². The fourth-order valence-corrected chi connectivity index (χ4v) is 2.84. The van der Waals surface area contributed by atoms with E-state index in [0.717, 1.165) is 43.2 Å². The second-order valence-electron chi connectivity index (χ2n) is 6.00. The van der Waals surface area contributed by atoms with Crippen LogP contribution in [0.25, 0.3) is 0 Å². The average molecular weight is 259 g/mol. The van der Waals surface area contributed by atoms with Crippen LogP contribution in [0.4, 0.5) is 0 Å². The van der Waals surface area contributed by atoms with Crippen LogP contribution in [0.3, 0.4) is 0 Å². The fraction of sp³-hybridized carbons (Fsp3) is 0.647. The van der Waals surface area contributed by atoms with Gasteiger partial charge in [0.2, 0.25) is 0 Å². The van der Waals surface area contributed by atoms with Crippen LogP contribution in [0.5, 0.6) is 5.75 Å². The topological polar surface area (TPSA) is 21.3 Å². The molecule has 2 fully saturated rings. The maximum atomic E-state index is 5.79. The largest absolute Gasteiger partial charge is 0.492 e. The van der Waals surface area contributed by atoms with E-state index in [1.165, 1.54) is 31.2 Å². The number of hydrogen-bond donors (Lipinski definition) is 1. The lowest BCUT2D eigenvalue weighted by Crippen LogP contribution is -2.36. The van der Waals surface area contributed by atoms with Gasteiger partial charge in [-0.05, 0) is 61.6 Å². The van der Waals surface area contributed by atoms with Crippen molar-refractivity contribution < 1.29 is 4.74 Å². The Hall–Kier alpha value is -1.02. The van der Waals surface area contributed by atoms with Gasteiger partial charge in [0, 0.05) is 12.6 Å². The van der Waals surface area contributed by atoms with Crippen molar-refractivity contribution in [3.63, 3.8) is 0 Å². The van der Waals surface area contributed by atoms with Gasteiger partial charge < -0.3 is 10.1 Å². The zero-order valence-electron chi connectivity index (χ0n) is 11.9. The first kappa shape index (κ1) is 13.0. The molecule has 1 aromatic carbocycles. The molecular formula is C17H25NO. The molecule has 0 heterocycles. The van der Waals surface area contributed by atoms with Crippen LogP contribution in [-0.2, 0) is 6.42 Å². The Morgan fingerprint density at radius 3 is 2.26 bits per heavy atom. The van der Waals surface area contributed by atoms with Gasteiger partial charge in [0.1, 0.15) is 12.4 Å². The highest BCUT2D eigenvalue weighted by atomic mass is 16.5. The molecule has 2 saturated carbocycles. The number of benzene rings is 1. The van der Waals surface area contributed by atoms with Crippen LogP contribution in [0.15, 0.2) is 24.3 Å². The number of nitrogens with one attached hydrogen (secondary N) is 1. The molecule has 0 atom stereocenters. The summed E-state index contributed by atoms with van der Waals surface area (Å²) in [6, 6.07) is 9.25. The molecular weight excluding hydrogens is 234 g/mol. The van der Waals surface area contributed by atoms with Crippen LogP contribution in [0.2, 0.25) is 0 Å². The van der Waals surface area contributed by atoms with Crippen molar-refractivity contribution in [2.45, 2.75) is 45.1 Å². The predicted octanol–water partition coefficient (Wildman–Crippen LogP) is 3.41. The summed E-state index contributed by atoms with van der Waals surface area (Å²) in [4.78, 5) is 0. The molecule has 1 aromatic rings. The van der Waals surface area contributed by atoms with Crippen molar-refractivity contribution in [1.82, 2.24) is 5.32 Å². The minimum atomic E-state index is 0.779. The number of aryl methyl sites for hydroxylation is 1. The van der Waals surface area contributed by atoms with E-state index >= 15 is 0 Å². The lowest BCUT2D eigenvalue weighted by Gasteiger charge is -2.17. The molecule has 2 nitrogen and oxygen atoms in total. The van der Waals surface area contributed by atoms with Gasteiger partial charge in [-0.25, -0.2) is 0 Å². The summed E-state index contributed by atoms with van der Waals surface area (Å²) in [6.07, 6.45) is 6.84. The summed E-state index contributed by atoms with van der Waals surface area (Å²) in [5.41, 5.74) is 1.37. The molecule has 0 amide bonds. The van der Waals surface area contributed by atoms with Crippen molar-refractivity contribution in [2.24, 2.45) is 11.8 Å². The van der Waals surface area contributed by atoms with Crippen LogP contribution >= 0.6 is 0 Å². The molecule has 0 aliphatic heterocycles. The van der Waals surface area contributed by atoms with E-state index in [2.05, 4.69) is 36.5 Å². The van der Waals surface area contributed by atoms with Crippen LogP contribution in [0, 0.1) is 11.8 Å². The van der Waals surface area contributed by atoms with Crippen LogP contribution < -0.4 is 10.1 Å². The zero-order chi connectivity index (χ0) is 13.1. The first-order valence-corrected chi connectivity index (χ1v) is 7.82. The number of ether oxygens (including phenoxy) is 1. The molecule has 104 valence electrons. The summed E-state index contributed by atoms with van der Waals surface area (Å²) < 4.78 is 5.79. The molecule has 3 rings (SSSR count). The van der Waals surface area contributed by atoms with Crippen molar-refractivity contribution in [2.75, 3.05) is 13.2 Å². The van der Waals surface area contributed by atoms with Crippen molar-refractivity contribution in [1.29, 1.82) is 0 Å². The van der Waals surface area contributed by atoms with E-state index in [0.29, 0.717) is 0 Å². The minimum absolute atomic E-state index is 0.779. The van der Waals surface area contributed by atoms with Gasteiger partial charge in [-0.2, -0.15) is 0 Å². The number of rotatable bonds is 8. The molecule has 2 aliphatic rings. The maximum Gasteiger partial charge on any atom is 0.119 e. The predicted molar refractivity (Wildman–Crippen MR) is 78.6 cm³/mol. The lowest BCUT2D eigenvalue weighted by atomic mass is 10.1. The summed E-state index contributed by atoms with van der Waals surface area (Å²) in [7, 11) is 0. The Labute approximate surface area is 116 Å². The van der Waals surface area contributed by atoms with E-state index in [9.17, 15) is 0 Å². The van der Waals surface area contributed by atoms with E-state index in [1.807, 2.05) is 0 Å². The van der Waals surface area contributed by atoms with E-state index < -0.39 is 0 Å². The third kappa shape index (κ3) is 3.73. The molecule has 0 bridgehead atoms. The van der Waals surface area contributed by atoms with Crippen molar-refractivity contribution in [3.8, 4) is 5.75 Å². The Bertz CT molecular complexity index is 380. The highest BCUT2D eigenvalue weighted by Crippen LogP contribution is 2.44. The van der Waals surface area contributed by atoms with E-state index in [4.69, 9.17) is 4.74 Å². The highest BCUT2D eigenvalue weighted by molar-refractivity contribution is 5.27. The molecule has 2 heteroatoms. The normalized spacial score (nSPS) is 18.8. The second kappa shape index (κ2) is 5.96. The molecule has 0 radical (unpaired) electrons. The van der Waals surface area contributed by atoms with Crippen LogP contribution in [-0.4, -0.2) is 19.2 Å². The summed E-state index contributed by atoms with van der Waals surface area (Å²) >= 11 is 0. The standard InChI is InChI=1S/C17H25NO/c1-2-13-3-9-16(10-4-13)19-12-11-18-17(14-5-6-14)15-7-8-15/h3-4,9-10,14-15,17-18H,2,5-8,11-12H2,1H3. The molecule has 0 spiro atoms. The molecule has 2 aliphatic carbocycles. The smallest absolute Gasteiger partial charge is 0.119 e. The molecule has 1 N–H and O–H groups in total. The Morgan fingerprint density at radius 1 is 1.11 bits per heavy atom.